The number of piperidine rings is 1. The van der Waals surface area contributed by atoms with Gasteiger partial charge < -0.3 is 14.8 Å². The highest BCUT2D eigenvalue weighted by molar-refractivity contribution is 7.89. The molecule has 1 aliphatic heterocycles. The molecular formula is C23H34N4O3S. The van der Waals surface area contributed by atoms with Gasteiger partial charge in [-0.15, -0.1) is 0 Å². The SMILES string of the molecule is CCN(CC)c1ccc(NC(=O)c2cc(S(=O)(=O)N3CCCCC3)c(C)n2C)c(C)c1. The van der Waals surface area contributed by atoms with Gasteiger partial charge in [0.1, 0.15) is 10.6 Å². The Labute approximate surface area is 186 Å². The number of carbonyl (C=O) groups excluding carboxylic acids is 1. The van der Waals surface area contributed by atoms with Crippen molar-refractivity contribution in [1.29, 1.82) is 0 Å². The molecule has 1 amide bonds. The van der Waals surface area contributed by atoms with Crippen molar-refractivity contribution in [2.24, 2.45) is 7.05 Å². The summed E-state index contributed by atoms with van der Waals surface area (Å²) in [6, 6.07) is 7.47. The first-order chi connectivity index (χ1) is 14.7. The number of nitrogens with one attached hydrogen (secondary N) is 1. The van der Waals surface area contributed by atoms with E-state index in [1.807, 2.05) is 19.1 Å². The van der Waals surface area contributed by atoms with Gasteiger partial charge in [-0.3, -0.25) is 4.79 Å². The average molecular weight is 447 g/mol. The summed E-state index contributed by atoms with van der Waals surface area (Å²) in [5, 5.41) is 2.95. The highest BCUT2D eigenvalue weighted by Gasteiger charge is 2.31. The Bertz CT molecular complexity index is 1050. The second kappa shape index (κ2) is 9.44. The van der Waals surface area contributed by atoms with Crippen LogP contribution in [0.15, 0.2) is 29.2 Å². The first kappa shape index (κ1) is 23.3. The van der Waals surface area contributed by atoms with E-state index >= 15 is 0 Å². The number of carbonyl (C=O) groups is 1. The Morgan fingerprint density at radius 1 is 1.06 bits per heavy atom. The Morgan fingerprint density at radius 2 is 1.71 bits per heavy atom. The fourth-order valence-electron chi connectivity index (χ4n) is 4.15. The largest absolute Gasteiger partial charge is 0.372 e. The van der Waals surface area contributed by atoms with Gasteiger partial charge >= 0.3 is 0 Å². The van der Waals surface area contributed by atoms with Crippen LogP contribution < -0.4 is 10.2 Å². The molecule has 1 N–H and O–H groups in total. The minimum absolute atomic E-state index is 0.218. The van der Waals surface area contributed by atoms with Crippen molar-refractivity contribution in [2.75, 3.05) is 36.4 Å². The number of hydrogen-bond donors (Lipinski definition) is 1. The summed E-state index contributed by atoms with van der Waals surface area (Å²) < 4.78 is 29.5. The lowest BCUT2D eigenvalue weighted by Crippen LogP contribution is -2.35. The summed E-state index contributed by atoms with van der Waals surface area (Å²) in [7, 11) is -1.87. The summed E-state index contributed by atoms with van der Waals surface area (Å²) in [5.41, 5.74) is 3.71. The molecule has 2 aromatic rings. The standard InChI is InChI=1S/C23H34N4O3S/c1-6-26(7-2)19-11-12-20(17(3)15-19)24-23(28)21-16-22(18(4)25(21)5)31(29,30)27-13-9-8-10-14-27/h11-12,15-16H,6-10,13-14H2,1-5H3,(H,24,28). The molecule has 7 nitrogen and oxygen atoms in total. The summed E-state index contributed by atoms with van der Waals surface area (Å²) in [5.74, 6) is -0.315. The van der Waals surface area contributed by atoms with Crippen molar-refractivity contribution in [3.05, 3.63) is 41.2 Å². The van der Waals surface area contributed by atoms with Gasteiger partial charge in [0.05, 0.1) is 0 Å². The minimum atomic E-state index is -3.60. The molecule has 1 fully saturated rings. The lowest BCUT2D eigenvalue weighted by Gasteiger charge is -2.25. The van der Waals surface area contributed by atoms with Gasteiger partial charge in [-0.05, 0) is 70.4 Å². The van der Waals surface area contributed by atoms with Gasteiger partial charge in [-0.2, -0.15) is 4.31 Å². The van der Waals surface area contributed by atoms with E-state index in [1.165, 1.54) is 10.4 Å². The van der Waals surface area contributed by atoms with E-state index in [2.05, 4.69) is 30.1 Å². The predicted octanol–water partition coefficient (Wildman–Crippen LogP) is 3.92. The summed E-state index contributed by atoms with van der Waals surface area (Å²) in [4.78, 5) is 15.5. The Balaban J connectivity index is 1.85. The molecule has 2 heterocycles. The maximum absolute atomic E-state index is 13.1. The van der Waals surface area contributed by atoms with Gasteiger partial charge in [0, 0.05) is 50.3 Å². The summed E-state index contributed by atoms with van der Waals surface area (Å²) in [6.07, 6.45) is 2.81. The first-order valence-electron chi connectivity index (χ1n) is 11.0. The van der Waals surface area contributed by atoms with Crippen LogP contribution in [0.2, 0.25) is 0 Å². The molecule has 0 radical (unpaired) electrons. The Morgan fingerprint density at radius 3 is 2.29 bits per heavy atom. The van der Waals surface area contributed by atoms with E-state index in [4.69, 9.17) is 0 Å². The van der Waals surface area contributed by atoms with Gasteiger partial charge in [-0.25, -0.2) is 8.42 Å². The second-order valence-electron chi connectivity index (χ2n) is 8.13. The molecule has 31 heavy (non-hydrogen) atoms. The van der Waals surface area contributed by atoms with Crippen molar-refractivity contribution in [3.8, 4) is 0 Å². The van der Waals surface area contributed by atoms with Crippen molar-refractivity contribution in [2.45, 2.75) is 51.9 Å². The molecule has 0 unspecified atom stereocenters. The topological polar surface area (TPSA) is 74.7 Å². The van der Waals surface area contributed by atoms with Gasteiger partial charge in [0.15, 0.2) is 0 Å². The highest BCUT2D eigenvalue weighted by Crippen LogP contribution is 2.27. The third kappa shape index (κ3) is 4.65. The van der Waals surface area contributed by atoms with Crippen LogP contribution in [0.5, 0.6) is 0 Å². The van der Waals surface area contributed by atoms with Crippen molar-refractivity contribution in [3.63, 3.8) is 0 Å². The molecule has 1 aliphatic rings. The third-order valence-corrected chi connectivity index (χ3v) is 8.26. The van der Waals surface area contributed by atoms with Crippen LogP contribution >= 0.6 is 0 Å². The van der Waals surface area contributed by atoms with Crippen LogP contribution in [0.1, 0.15) is 54.9 Å². The molecule has 1 aromatic heterocycles. The number of aryl methyl sites for hydroxylation is 1. The van der Waals surface area contributed by atoms with Crippen LogP contribution in [0.3, 0.4) is 0 Å². The fourth-order valence-corrected chi connectivity index (χ4v) is 5.94. The molecule has 1 aromatic carbocycles. The van der Waals surface area contributed by atoms with E-state index in [1.54, 1.807) is 18.5 Å². The normalized spacial score (nSPS) is 15.1. The van der Waals surface area contributed by atoms with Crippen LogP contribution in [-0.4, -0.2) is 49.4 Å². The lowest BCUT2D eigenvalue weighted by atomic mass is 10.1. The van der Waals surface area contributed by atoms with Crippen LogP contribution in [0, 0.1) is 13.8 Å². The monoisotopic (exact) mass is 446 g/mol. The molecule has 1 saturated heterocycles. The second-order valence-corrected chi connectivity index (χ2v) is 10.0. The number of rotatable bonds is 7. The number of sulfonamides is 1. The van der Waals surface area contributed by atoms with Crippen molar-refractivity contribution >= 4 is 27.3 Å². The molecule has 0 atom stereocenters. The number of anilines is 2. The number of hydrogen-bond acceptors (Lipinski definition) is 4. The van der Waals surface area contributed by atoms with Gasteiger partial charge in [0.25, 0.3) is 5.91 Å². The molecule has 0 bridgehead atoms. The summed E-state index contributed by atoms with van der Waals surface area (Å²) in [6.45, 7) is 10.8. The van der Waals surface area contributed by atoms with E-state index in [0.717, 1.165) is 49.3 Å². The van der Waals surface area contributed by atoms with E-state index in [-0.39, 0.29) is 10.8 Å². The molecule has 8 heteroatoms. The Hall–Kier alpha value is -2.32. The third-order valence-electron chi connectivity index (χ3n) is 6.24. The first-order valence-corrected chi connectivity index (χ1v) is 12.5. The molecule has 0 saturated carbocycles. The number of amides is 1. The zero-order valence-electron chi connectivity index (χ0n) is 19.2. The zero-order chi connectivity index (χ0) is 22.8. The smallest absolute Gasteiger partial charge is 0.272 e. The molecular weight excluding hydrogens is 412 g/mol. The van der Waals surface area contributed by atoms with Crippen LogP contribution in [0.4, 0.5) is 11.4 Å². The maximum atomic E-state index is 13.1. The minimum Gasteiger partial charge on any atom is -0.372 e. The van der Waals surface area contributed by atoms with Crippen molar-refractivity contribution in [1.82, 2.24) is 8.87 Å². The quantitative estimate of drug-likeness (QED) is 0.700. The maximum Gasteiger partial charge on any atom is 0.272 e. The summed E-state index contributed by atoms with van der Waals surface area (Å²) >= 11 is 0. The zero-order valence-corrected chi connectivity index (χ0v) is 20.1. The van der Waals surface area contributed by atoms with Crippen LogP contribution in [-0.2, 0) is 17.1 Å². The number of nitrogens with zero attached hydrogens (tertiary/aromatic N) is 3. The lowest BCUT2D eigenvalue weighted by molar-refractivity contribution is 0.101. The van der Waals surface area contributed by atoms with Crippen molar-refractivity contribution < 1.29 is 13.2 Å². The predicted molar refractivity (Wildman–Crippen MR) is 125 cm³/mol. The van der Waals surface area contributed by atoms with E-state index < -0.39 is 10.0 Å². The van der Waals surface area contributed by atoms with Gasteiger partial charge in [0.2, 0.25) is 10.0 Å². The molecule has 0 aliphatic carbocycles. The molecule has 170 valence electrons. The van der Waals surface area contributed by atoms with Gasteiger partial charge in [-0.1, -0.05) is 6.42 Å². The van der Waals surface area contributed by atoms with Crippen LogP contribution in [0.25, 0.3) is 0 Å². The fraction of sp³-hybridized carbons (Fsp3) is 0.522. The number of aromatic nitrogens is 1. The van der Waals surface area contributed by atoms with E-state index in [0.29, 0.717) is 24.5 Å². The Kier molecular flexibility index (Phi) is 7.11. The molecule has 0 spiro atoms. The van der Waals surface area contributed by atoms with E-state index in [9.17, 15) is 13.2 Å². The molecule has 3 rings (SSSR count). The highest BCUT2D eigenvalue weighted by atomic mass is 32.2. The number of benzene rings is 1. The average Bonchev–Trinajstić information content (AvgIpc) is 3.07.